The van der Waals surface area contributed by atoms with Crippen LogP contribution in [0.3, 0.4) is 0 Å². The number of hydrogen-bond acceptors (Lipinski definition) is 4. The molecule has 0 saturated heterocycles. The zero-order valence-electron chi connectivity index (χ0n) is 10.5. The van der Waals surface area contributed by atoms with Gasteiger partial charge in [-0.3, -0.25) is 4.98 Å². The van der Waals surface area contributed by atoms with Gasteiger partial charge >= 0.3 is 6.18 Å². The number of ether oxygens (including phenoxy) is 1. The topological polar surface area (TPSA) is 47.0 Å². The Bertz CT molecular complexity index is 334. The Labute approximate surface area is 104 Å². The Kier molecular flexibility index (Phi) is 4.50. The van der Waals surface area contributed by atoms with E-state index in [0.717, 1.165) is 0 Å². The molecule has 1 rings (SSSR count). The van der Waals surface area contributed by atoms with Crippen LogP contribution in [0, 0.1) is 0 Å². The molecule has 4 nitrogen and oxygen atoms in total. The summed E-state index contributed by atoms with van der Waals surface area (Å²) in [5.41, 5.74) is 0.580. The molecule has 18 heavy (non-hydrogen) atoms. The van der Waals surface area contributed by atoms with Crippen LogP contribution in [0.2, 0.25) is 0 Å². The first-order valence-electron chi connectivity index (χ1n) is 5.41. The molecule has 7 heteroatoms. The van der Waals surface area contributed by atoms with Gasteiger partial charge < -0.3 is 10.1 Å². The van der Waals surface area contributed by atoms with E-state index in [4.69, 9.17) is 0 Å². The molecular formula is C11H16F3N3O. The number of rotatable bonds is 4. The van der Waals surface area contributed by atoms with Gasteiger partial charge in [0.25, 0.3) is 0 Å². The minimum atomic E-state index is -4.37. The second kappa shape index (κ2) is 5.51. The first kappa shape index (κ1) is 14.7. The molecule has 1 aromatic heterocycles. The fourth-order valence-electron chi connectivity index (χ4n) is 1.02. The Morgan fingerprint density at radius 2 is 1.83 bits per heavy atom. The second-order valence-corrected chi connectivity index (χ2v) is 4.85. The third kappa shape index (κ3) is 6.39. The third-order valence-corrected chi connectivity index (χ3v) is 1.87. The smallest absolute Gasteiger partial charge is 0.422 e. The average molecular weight is 263 g/mol. The van der Waals surface area contributed by atoms with Crippen molar-refractivity contribution in [3.63, 3.8) is 0 Å². The van der Waals surface area contributed by atoms with Gasteiger partial charge in [-0.2, -0.15) is 13.2 Å². The Morgan fingerprint density at radius 1 is 1.17 bits per heavy atom. The average Bonchev–Trinajstić information content (AvgIpc) is 2.23. The predicted molar refractivity (Wildman–Crippen MR) is 60.2 cm³/mol. The van der Waals surface area contributed by atoms with E-state index >= 15 is 0 Å². The largest absolute Gasteiger partial charge is 0.467 e. The first-order chi connectivity index (χ1) is 8.16. The maximum Gasteiger partial charge on any atom is 0.422 e. The summed E-state index contributed by atoms with van der Waals surface area (Å²) in [7, 11) is 0. The van der Waals surface area contributed by atoms with E-state index in [0.29, 0.717) is 12.2 Å². The number of nitrogens with one attached hydrogen (secondary N) is 1. The van der Waals surface area contributed by atoms with Gasteiger partial charge in [-0.25, -0.2) is 4.98 Å². The zero-order valence-corrected chi connectivity index (χ0v) is 10.5. The molecule has 0 atom stereocenters. The molecule has 1 N–H and O–H groups in total. The quantitative estimate of drug-likeness (QED) is 0.905. The van der Waals surface area contributed by atoms with Crippen LogP contribution in [0.5, 0.6) is 5.88 Å². The van der Waals surface area contributed by atoms with Crippen molar-refractivity contribution >= 4 is 0 Å². The molecule has 0 unspecified atom stereocenters. The van der Waals surface area contributed by atoms with Crippen molar-refractivity contribution in [2.45, 2.75) is 39.0 Å². The fraction of sp³-hybridized carbons (Fsp3) is 0.636. The maximum atomic E-state index is 11.9. The lowest BCUT2D eigenvalue weighted by molar-refractivity contribution is -0.154. The van der Waals surface area contributed by atoms with Gasteiger partial charge in [-0.15, -0.1) is 0 Å². The lowest BCUT2D eigenvalue weighted by Crippen LogP contribution is -2.35. The summed E-state index contributed by atoms with van der Waals surface area (Å²) in [6.45, 7) is 5.14. The molecular weight excluding hydrogens is 247 g/mol. The SMILES string of the molecule is CC(C)(C)NCc1cnc(OCC(F)(F)F)cn1. The van der Waals surface area contributed by atoms with Crippen molar-refractivity contribution < 1.29 is 17.9 Å². The van der Waals surface area contributed by atoms with Crippen LogP contribution in [0.15, 0.2) is 12.4 Å². The molecule has 0 amide bonds. The Hall–Kier alpha value is -1.37. The van der Waals surface area contributed by atoms with Crippen LogP contribution in [0.1, 0.15) is 26.5 Å². The van der Waals surface area contributed by atoms with Crippen LogP contribution >= 0.6 is 0 Å². The van der Waals surface area contributed by atoms with Crippen molar-refractivity contribution in [2.24, 2.45) is 0 Å². The van der Waals surface area contributed by atoms with Gasteiger partial charge in [-0.05, 0) is 20.8 Å². The van der Waals surface area contributed by atoms with Crippen molar-refractivity contribution in [3.8, 4) is 5.88 Å². The number of halogens is 3. The van der Waals surface area contributed by atoms with E-state index in [9.17, 15) is 13.2 Å². The molecule has 0 aliphatic carbocycles. The highest BCUT2D eigenvalue weighted by Crippen LogP contribution is 2.16. The highest BCUT2D eigenvalue weighted by molar-refractivity contribution is 5.07. The summed E-state index contributed by atoms with van der Waals surface area (Å²) >= 11 is 0. The van der Waals surface area contributed by atoms with Gasteiger partial charge in [-0.1, -0.05) is 0 Å². The molecule has 0 aliphatic rings. The van der Waals surface area contributed by atoms with Crippen LogP contribution in [-0.4, -0.2) is 28.3 Å². The number of alkyl halides is 3. The summed E-state index contributed by atoms with van der Waals surface area (Å²) in [6.07, 6.45) is -1.79. The van der Waals surface area contributed by atoms with E-state index in [2.05, 4.69) is 20.0 Å². The lowest BCUT2D eigenvalue weighted by atomic mass is 10.1. The molecule has 0 bridgehead atoms. The zero-order chi connectivity index (χ0) is 13.8. The normalized spacial score (nSPS) is 12.6. The maximum absolute atomic E-state index is 11.9. The third-order valence-electron chi connectivity index (χ3n) is 1.87. The monoisotopic (exact) mass is 263 g/mol. The van der Waals surface area contributed by atoms with E-state index in [1.54, 1.807) is 0 Å². The Morgan fingerprint density at radius 3 is 2.28 bits per heavy atom. The number of aromatic nitrogens is 2. The molecule has 0 fully saturated rings. The van der Waals surface area contributed by atoms with Crippen LogP contribution in [0.25, 0.3) is 0 Å². The molecule has 0 aliphatic heterocycles. The first-order valence-corrected chi connectivity index (χ1v) is 5.41. The summed E-state index contributed by atoms with van der Waals surface area (Å²) in [4.78, 5) is 7.72. The Balaban J connectivity index is 2.48. The summed E-state index contributed by atoms with van der Waals surface area (Å²) < 4.78 is 40.1. The standard InChI is InChI=1S/C11H16F3N3O/c1-10(2,3)17-5-8-4-16-9(6-15-8)18-7-11(12,13)14/h4,6,17H,5,7H2,1-3H3. The van der Waals surface area contributed by atoms with Crippen LogP contribution in [-0.2, 0) is 6.54 Å². The van der Waals surface area contributed by atoms with Crippen molar-refractivity contribution in [3.05, 3.63) is 18.1 Å². The number of nitrogens with zero attached hydrogens (tertiary/aromatic N) is 2. The minimum Gasteiger partial charge on any atom is -0.467 e. The fourth-order valence-corrected chi connectivity index (χ4v) is 1.02. The minimum absolute atomic E-state index is 0.0624. The molecule has 0 radical (unpaired) electrons. The van der Waals surface area contributed by atoms with Gasteiger partial charge in [0.1, 0.15) is 0 Å². The highest BCUT2D eigenvalue weighted by Gasteiger charge is 2.28. The van der Waals surface area contributed by atoms with Gasteiger partial charge in [0.2, 0.25) is 5.88 Å². The molecule has 102 valence electrons. The van der Waals surface area contributed by atoms with Gasteiger partial charge in [0.05, 0.1) is 18.1 Å². The second-order valence-electron chi connectivity index (χ2n) is 4.85. The molecule has 0 aromatic carbocycles. The van der Waals surface area contributed by atoms with E-state index < -0.39 is 12.8 Å². The van der Waals surface area contributed by atoms with E-state index in [1.807, 2.05) is 20.8 Å². The predicted octanol–water partition coefficient (Wildman–Crippen LogP) is 2.31. The molecule has 0 saturated carbocycles. The van der Waals surface area contributed by atoms with Crippen LogP contribution in [0.4, 0.5) is 13.2 Å². The van der Waals surface area contributed by atoms with Gasteiger partial charge in [0, 0.05) is 12.1 Å². The molecule has 1 heterocycles. The van der Waals surface area contributed by atoms with E-state index in [1.165, 1.54) is 12.4 Å². The van der Waals surface area contributed by atoms with Crippen molar-refractivity contribution in [2.75, 3.05) is 6.61 Å². The van der Waals surface area contributed by atoms with E-state index in [-0.39, 0.29) is 11.4 Å². The van der Waals surface area contributed by atoms with Gasteiger partial charge in [0.15, 0.2) is 6.61 Å². The molecule has 0 spiro atoms. The van der Waals surface area contributed by atoms with Crippen molar-refractivity contribution in [1.82, 2.24) is 15.3 Å². The van der Waals surface area contributed by atoms with Crippen molar-refractivity contribution in [1.29, 1.82) is 0 Å². The summed E-state index contributed by atoms with van der Waals surface area (Å²) in [5, 5.41) is 3.19. The highest BCUT2D eigenvalue weighted by atomic mass is 19.4. The summed E-state index contributed by atoms with van der Waals surface area (Å²) in [6, 6.07) is 0. The molecule has 1 aromatic rings. The lowest BCUT2D eigenvalue weighted by Gasteiger charge is -2.19. The van der Waals surface area contributed by atoms with Crippen LogP contribution < -0.4 is 10.1 Å². The number of hydrogen-bond donors (Lipinski definition) is 1. The summed E-state index contributed by atoms with van der Waals surface area (Å²) in [5.74, 6) is -0.133.